The predicted octanol–water partition coefficient (Wildman–Crippen LogP) is 2.57. The minimum absolute atomic E-state index is 0.0131. The third-order valence-corrected chi connectivity index (χ3v) is 3.42. The standard InChI is InChI=1S/C16H10F2N7O/c17-13(18)16-22-21-15(26-16)11-6-7-12(19-8-11)9-25-23-14(20-24-25)10-4-2-1-3-5-10/h1-2,4-8,13H,9H2. The Labute approximate surface area is 145 Å². The number of rotatable bonds is 5. The summed E-state index contributed by atoms with van der Waals surface area (Å²) < 4.78 is 29.9. The van der Waals surface area contributed by atoms with E-state index in [1.54, 1.807) is 24.3 Å². The highest BCUT2D eigenvalue weighted by Gasteiger charge is 2.17. The molecule has 8 nitrogen and oxygen atoms in total. The molecule has 3 aromatic heterocycles. The van der Waals surface area contributed by atoms with Crippen LogP contribution < -0.4 is 0 Å². The van der Waals surface area contributed by atoms with E-state index in [9.17, 15) is 8.78 Å². The number of tetrazole rings is 1. The molecular formula is C16H10F2N7O. The Morgan fingerprint density at radius 3 is 2.73 bits per heavy atom. The van der Waals surface area contributed by atoms with Crippen LogP contribution in [-0.4, -0.2) is 35.4 Å². The molecule has 0 aliphatic carbocycles. The van der Waals surface area contributed by atoms with Gasteiger partial charge in [-0.05, 0) is 29.5 Å². The van der Waals surface area contributed by atoms with Crippen LogP contribution in [0, 0.1) is 6.07 Å². The summed E-state index contributed by atoms with van der Waals surface area (Å²) in [6.07, 6.45) is -1.35. The maximum Gasteiger partial charge on any atom is 0.314 e. The van der Waals surface area contributed by atoms with Crippen molar-refractivity contribution in [2.45, 2.75) is 13.0 Å². The molecule has 0 atom stereocenters. The number of nitrogens with zero attached hydrogens (tertiary/aromatic N) is 7. The van der Waals surface area contributed by atoms with Crippen LogP contribution in [0.15, 0.2) is 47.0 Å². The smallest absolute Gasteiger partial charge is 0.314 e. The zero-order valence-corrected chi connectivity index (χ0v) is 13.1. The molecule has 3 heterocycles. The van der Waals surface area contributed by atoms with E-state index in [1.165, 1.54) is 11.0 Å². The highest BCUT2D eigenvalue weighted by atomic mass is 19.3. The second-order valence-electron chi connectivity index (χ2n) is 5.22. The molecule has 0 bridgehead atoms. The fraction of sp³-hybridized carbons (Fsp3) is 0.125. The van der Waals surface area contributed by atoms with Crippen molar-refractivity contribution in [3.63, 3.8) is 0 Å². The van der Waals surface area contributed by atoms with Crippen LogP contribution in [-0.2, 0) is 6.54 Å². The lowest BCUT2D eigenvalue weighted by atomic mass is 10.2. The Morgan fingerprint density at radius 1 is 1.12 bits per heavy atom. The van der Waals surface area contributed by atoms with Crippen LogP contribution in [0.4, 0.5) is 8.78 Å². The summed E-state index contributed by atoms with van der Waals surface area (Å²) in [6, 6.07) is 13.6. The topological polar surface area (TPSA) is 95.4 Å². The van der Waals surface area contributed by atoms with Crippen molar-refractivity contribution in [2.24, 2.45) is 0 Å². The largest absolute Gasteiger partial charge is 0.415 e. The molecule has 0 aliphatic heterocycles. The second-order valence-corrected chi connectivity index (χ2v) is 5.22. The molecule has 1 aromatic carbocycles. The van der Waals surface area contributed by atoms with E-state index >= 15 is 0 Å². The van der Waals surface area contributed by atoms with Gasteiger partial charge in [0.05, 0.1) is 11.3 Å². The van der Waals surface area contributed by atoms with Crippen LogP contribution in [0.25, 0.3) is 22.8 Å². The van der Waals surface area contributed by atoms with Gasteiger partial charge in [-0.3, -0.25) is 4.98 Å². The molecule has 0 amide bonds. The summed E-state index contributed by atoms with van der Waals surface area (Å²) in [5, 5.41) is 19.1. The van der Waals surface area contributed by atoms with Crippen LogP contribution >= 0.6 is 0 Å². The van der Waals surface area contributed by atoms with E-state index in [0.29, 0.717) is 23.6 Å². The Kier molecular flexibility index (Phi) is 4.14. The van der Waals surface area contributed by atoms with Crippen LogP contribution in [0.3, 0.4) is 0 Å². The van der Waals surface area contributed by atoms with Crippen molar-refractivity contribution in [1.82, 2.24) is 35.4 Å². The maximum atomic E-state index is 12.5. The summed E-state index contributed by atoms with van der Waals surface area (Å²) in [6.45, 7) is 0.302. The number of alkyl halides is 2. The van der Waals surface area contributed by atoms with Gasteiger partial charge in [0.25, 0.3) is 5.89 Å². The normalized spacial score (nSPS) is 11.2. The lowest BCUT2D eigenvalue weighted by Crippen LogP contribution is -2.05. The molecule has 0 N–H and O–H groups in total. The highest BCUT2D eigenvalue weighted by Crippen LogP contribution is 2.22. The molecular weight excluding hydrogens is 344 g/mol. The van der Waals surface area contributed by atoms with E-state index in [4.69, 9.17) is 4.42 Å². The van der Waals surface area contributed by atoms with Crippen LogP contribution in [0.5, 0.6) is 0 Å². The summed E-state index contributed by atoms with van der Waals surface area (Å²) in [4.78, 5) is 5.65. The van der Waals surface area contributed by atoms with E-state index in [2.05, 4.69) is 36.7 Å². The van der Waals surface area contributed by atoms with Gasteiger partial charge in [0.15, 0.2) is 0 Å². The Morgan fingerprint density at radius 2 is 2.04 bits per heavy atom. The van der Waals surface area contributed by atoms with Crippen molar-refractivity contribution in [3.8, 4) is 22.8 Å². The molecule has 0 aliphatic rings. The number of pyridine rings is 1. The van der Waals surface area contributed by atoms with Gasteiger partial charge in [-0.25, -0.2) is 0 Å². The van der Waals surface area contributed by atoms with Crippen molar-refractivity contribution >= 4 is 0 Å². The second kappa shape index (κ2) is 6.75. The van der Waals surface area contributed by atoms with Gasteiger partial charge in [0.1, 0.15) is 6.54 Å². The van der Waals surface area contributed by atoms with E-state index in [1.807, 2.05) is 12.1 Å². The summed E-state index contributed by atoms with van der Waals surface area (Å²) in [5.74, 6) is -0.244. The quantitative estimate of drug-likeness (QED) is 0.543. The van der Waals surface area contributed by atoms with Gasteiger partial charge in [-0.2, -0.15) is 13.6 Å². The highest BCUT2D eigenvalue weighted by molar-refractivity contribution is 5.53. The molecule has 0 spiro atoms. The van der Waals surface area contributed by atoms with Gasteiger partial charge in [-0.1, -0.05) is 18.2 Å². The lowest BCUT2D eigenvalue weighted by molar-refractivity contribution is 0.116. The minimum atomic E-state index is -2.81. The van der Waals surface area contributed by atoms with Crippen LogP contribution in [0.1, 0.15) is 18.0 Å². The monoisotopic (exact) mass is 354 g/mol. The number of halogens is 2. The molecule has 0 unspecified atom stereocenters. The number of hydrogen-bond donors (Lipinski definition) is 0. The zero-order chi connectivity index (χ0) is 17.9. The molecule has 0 saturated carbocycles. The van der Waals surface area contributed by atoms with Gasteiger partial charge >= 0.3 is 6.43 Å². The predicted molar refractivity (Wildman–Crippen MR) is 83.7 cm³/mol. The number of benzene rings is 1. The fourth-order valence-corrected chi connectivity index (χ4v) is 2.19. The van der Waals surface area contributed by atoms with Crippen molar-refractivity contribution in [2.75, 3.05) is 0 Å². The SMILES string of the molecule is FC(F)c1nnc(-c2ccc(Cn3nnc(-c4c[c]ccc4)n3)nc2)o1. The third kappa shape index (κ3) is 3.29. The Hall–Kier alpha value is -3.56. The molecule has 1 radical (unpaired) electrons. The first-order valence-corrected chi connectivity index (χ1v) is 7.50. The van der Waals surface area contributed by atoms with Crippen LogP contribution in [0.2, 0.25) is 0 Å². The lowest BCUT2D eigenvalue weighted by Gasteiger charge is -2.00. The molecule has 0 fully saturated rings. The van der Waals surface area contributed by atoms with Gasteiger partial charge in [0, 0.05) is 11.8 Å². The van der Waals surface area contributed by atoms with E-state index < -0.39 is 12.3 Å². The average molecular weight is 354 g/mol. The first-order valence-electron chi connectivity index (χ1n) is 7.50. The van der Waals surface area contributed by atoms with Gasteiger partial charge < -0.3 is 4.42 Å². The number of hydrogen-bond acceptors (Lipinski definition) is 7. The Bertz CT molecular complexity index is 999. The molecule has 26 heavy (non-hydrogen) atoms. The summed E-state index contributed by atoms with van der Waals surface area (Å²) in [5.41, 5.74) is 1.92. The van der Waals surface area contributed by atoms with Gasteiger partial charge in [-0.15, -0.1) is 20.4 Å². The zero-order valence-electron chi connectivity index (χ0n) is 13.1. The Balaban J connectivity index is 1.48. The third-order valence-electron chi connectivity index (χ3n) is 3.42. The van der Waals surface area contributed by atoms with Crippen molar-refractivity contribution in [3.05, 3.63) is 60.2 Å². The molecule has 0 saturated heterocycles. The average Bonchev–Trinajstić information content (AvgIpc) is 3.33. The maximum absolute atomic E-state index is 12.5. The molecule has 4 aromatic rings. The first kappa shape index (κ1) is 15.9. The molecule has 10 heteroatoms. The van der Waals surface area contributed by atoms with Gasteiger partial charge in [0.2, 0.25) is 11.7 Å². The molecule has 4 rings (SSSR count). The number of aromatic nitrogens is 7. The van der Waals surface area contributed by atoms with Crippen molar-refractivity contribution in [1.29, 1.82) is 0 Å². The first-order chi connectivity index (χ1) is 12.7. The summed E-state index contributed by atoms with van der Waals surface area (Å²) >= 11 is 0. The summed E-state index contributed by atoms with van der Waals surface area (Å²) in [7, 11) is 0. The van der Waals surface area contributed by atoms with E-state index in [-0.39, 0.29) is 5.89 Å². The van der Waals surface area contributed by atoms with Crippen molar-refractivity contribution < 1.29 is 13.2 Å². The molecule has 129 valence electrons. The van der Waals surface area contributed by atoms with E-state index in [0.717, 1.165) is 5.56 Å². The fourth-order valence-electron chi connectivity index (χ4n) is 2.19. The minimum Gasteiger partial charge on any atom is -0.415 e.